The number of halogens is 2. The lowest BCUT2D eigenvalue weighted by atomic mass is 9.76. The molecular formula is C20H19Cl2NO4. The summed E-state index contributed by atoms with van der Waals surface area (Å²) >= 11 is 11.9. The highest BCUT2D eigenvalue weighted by molar-refractivity contribution is 6.30. The molecular weight excluding hydrogens is 389 g/mol. The van der Waals surface area contributed by atoms with Gasteiger partial charge in [0.1, 0.15) is 0 Å². The molecule has 2 atom stereocenters. The van der Waals surface area contributed by atoms with E-state index in [1.165, 1.54) is 0 Å². The van der Waals surface area contributed by atoms with Crippen molar-refractivity contribution < 1.29 is 19.7 Å². The standard InChI is InChI=1S/C20H19Cl2NO4/c1-3-27-18(24)17-12(2)23-20(26,14-6-10-16(22)11-7-14)19(17,25)13-4-8-15(21)9-5-13/h4-11,23,25-26H,3H2,1-2H3/t19-,20+/m0/s1. The molecule has 0 amide bonds. The van der Waals surface area contributed by atoms with Crippen LogP contribution in [0, 0.1) is 0 Å². The van der Waals surface area contributed by atoms with E-state index >= 15 is 0 Å². The summed E-state index contributed by atoms with van der Waals surface area (Å²) in [7, 11) is 0. The van der Waals surface area contributed by atoms with Gasteiger partial charge in [-0.2, -0.15) is 0 Å². The van der Waals surface area contributed by atoms with Crippen LogP contribution >= 0.6 is 23.2 Å². The fraction of sp³-hybridized carbons (Fsp3) is 0.250. The maximum Gasteiger partial charge on any atom is 0.339 e. The van der Waals surface area contributed by atoms with Crippen LogP contribution < -0.4 is 5.32 Å². The first kappa shape index (κ1) is 19.7. The fourth-order valence-corrected chi connectivity index (χ4v) is 3.65. The number of hydrogen-bond acceptors (Lipinski definition) is 5. The number of esters is 1. The Hall–Kier alpha value is -2.05. The van der Waals surface area contributed by atoms with Gasteiger partial charge in [-0.3, -0.25) is 0 Å². The van der Waals surface area contributed by atoms with Crippen molar-refractivity contribution in [1.82, 2.24) is 5.32 Å². The molecule has 0 aliphatic carbocycles. The zero-order chi connectivity index (χ0) is 19.8. The Kier molecular flexibility index (Phi) is 5.23. The third-order valence-corrected chi connectivity index (χ3v) is 5.14. The zero-order valence-corrected chi connectivity index (χ0v) is 16.3. The van der Waals surface area contributed by atoms with Gasteiger partial charge in [-0.15, -0.1) is 0 Å². The molecule has 0 unspecified atom stereocenters. The lowest BCUT2D eigenvalue weighted by Crippen LogP contribution is -2.54. The Bertz CT molecular complexity index is 895. The molecule has 27 heavy (non-hydrogen) atoms. The summed E-state index contributed by atoms with van der Waals surface area (Å²) in [5.41, 5.74) is -3.26. The van der Waals surface area contributed by atoms with Crippen LogP contribution in [0.4, 0.5) is 0 Å². The second-order valence-electron chi connectivity index (χ2n) is 6.28. The molecule has 0 fully saturated rings. The minimum Gasteiger partial charge on any atom is -0.462 e. The van der Waals surface area contributed by atoms with Crippen molar-refractivity contribution in [3.63, 3.8) is 0 Å². The monoisotopic (exact) mass is 407 g/mol. The van der Waals surface area contributed by atoms with E-state index in [2.05, 4.69) is 5.32 Å². The smallest absolute Gasteiger partial charge is 0.339 e. The van der Waals surface area contributed by atoms with E-state index in [0.717, 1.165) is 0 Å². The maximum atomic E-state index is 12.6. The summed E-state index contributed by atoms with van der Waals surface area (Å²) in [4.78, 5) is 12.6. The summed E-state index contributed by atoms with van der Waals surface area (Å²) in [6.45, 7) is 3.40. The van der Waals surface area contributed by atoms with Crippen LogP contribution in [0.25, 0.3) is 0 Å². The first-order valence-electron chi connectivity index (χ1n) is 8.37. The molecule has 1 aliphatic rings. The normalized spacial score (nSPS) is 24.7. The van der Waals surface area contributed by atoms with Crippen LogP contribution in [0.3, 0.4) is 0 Å². The Balaban J connectivity index is 2.24. The van der Waals surface area contributed by atoms with Crippen molar-refractivity contribution in [2.45, 2.75) is 25.2 Å². The number of carbonyl (C=O) groups is 1. The van der Waals surface area contributed by atoms with Crippen molar-refractivity contribution in [1.29, 1.82) is 0 Å². The van der Waals surface area contributed by atoms with E-state index in [1.807, 2.05) is 0 Å². The van der Waals surface area contributed by atoms with Gasteiger partial charge in [0, 0.05) is 21.3 Å². The molecule has 3 N–H and O–H groups in total. The molecule has 0 saturated heterocycles. The van der Waals surface area contributed by atoms with Crippen LogP contribution in [-0.2, 0) is 20.9 Å². The van der Waals surface area contributed by atoms with Gasteiger partial charge in [0.25, 0.3) is 0 Å². The Morgan fingerprint density at radius 3 is 1.96 bits per heavy atom. The number of carbonyl (C=O) groups excluding carboxylic acids is 1. The highest BCUT2D eigenvalue weighted by Gasteiger charge is 2.61. The third-order valence-electron chi connectivity index (χ3n) is 4.63. The molecule has 1 aliphatic heterocycles. The topological polar surface area (TPSA) is 78.8 Å². The number of allylic oxidation sites excluding steroid dienone is 1. The van der Waals surface area contributed by atoms with E-state index in [-0.39, 0.29) is 17.7 Å². The third kappa shape index (κ3) is 3.11. The van der Waals surface area contributed by atoms with Gasteiger partial charge >= 0.3 is 5.97 Å². The molecule has 3 rings (SSSR count). The van der Waals surface area contributed by atoms with Gasteiger partial charge < -0.3 is 20.3 Å². The van der Waals surface area contributed by atoms with Crippen molar-refractivity contribution in [2.75, 3.05) is 6.61 Å². The largest absolute Gasteiger partial charge is 0.462 e. The van der Waals surface area contributed by atoms with Crippen molar-refractivity contribution in [3.05, 3.63) is 81.0 Å². The Morgan fingerprint density at radius 1 is 1.00 bits per heavy atom. The maximum absolute atomic E-state index is 12.6. The molecule has 142 valence electrons. The molecule has 0 saturated carbocycles. The van der Waals surface area contributed by atoms with E-state index in [1.54, 1.807) is 62.4 Å². The minimum absolute atomic E-state index is 0.0656. The first-order valence-corrected chi connectivity index (χ1v) is 9.13. The average Bonchev–Trinajstić information content (AvgIpc) is 2.83. The SMILES string of the molecule is CCOC(=O)C1=C(C)N[C@@](O)(c2ccc(Cl)cc2)[C@]1(O)c1ccc(Cl)cc1. The van der Waals surface area contributed by atoms with E-state index in [9.17, 15) is 15.0 Å². The lowest BCUT2D eigenvalue weighted by molar-refractivity contribution is -0.160. The summed E-state index contributed by atoms with van der Waals surface area (Å²) in [5, 5.41) is 27.1. The molecule has 7 heteroatoms. The minimum atomic E-state index is -2.11. The summed E-state index contributed by atoms with van der Waals surface area (Å²) < 4.78 is 5.13. The second-order valence-corrected chi connectivity index (χ2v) is 7.15. The summed E-state index contributed by atoms with van der Waals surface area (Å²) in [6, 6.07) is 12.6. The highest BCUT2D eigenvalue weighted by Crippen LogP contribution is 2.50. The van der Waals surface area contributed by atoms with Crippen LogP contribution in [-0.4, -0.2) is 22.8 Å². The van der Waals surface area contributed by atoms with Gasteiger partial charge in [0.15, 0.2) is 5.60 Å². The van der Waals surface area contributed by atoms with E-state index < -0.39 is 17.3 Å². The quantitative estimate of drug-likeness (QED) is 0.676. The van der Waals surface area contributed by atoms with Crippen molar-refractivity contribution in [2.24, 2.45) is 0 Å². The molecule has 1 heterocycles. The second kappa shape index (κ2) is 7.17. The van der Waals surface area contributed by atoms with Gasteiger partial charge in [-0.05, 0) is 43.7 Å². The molecule has 0 aromatic heterocycles. The lowest BCUT2D eigenvalue weighted by Gasteiger charge is -2.40. The average molecular weight is 408 g/mol. The number of aliphatic hydroxyl groups is 2. The number of rotatable bonds is 4. The predicted molar refractivity (Wildman–Crippen MR) is 103 cm³/mol. The molecule has 2 aromatic rings. The van der Waals surface area contributed by atoms with Crippen LogP contribution in [0.15, 0.2) is 59.8 Å². The van der Waals surface area contributed by atoms with E-state index in [4.69, 9.17) is 27.9 Å². The van der Waals surface area contributed by atoms with Gasteiger partial charge in [-0.25, -0.2) is 4.79 Å². The fourth-order valence-electron chi connectivity index (χ4n) is 3.40. The predicted octanol–water partition coefficient (Wildman–Crippen LogP) is 3.47. The molecule has 2 aromatic carbocycles. The van der Waals surface area contributed by atoms with Gasteiger partial charge in [0.05, 0.1) is 12.2 Å². The molecule has 0 bridgehead atoms. The van der Waals surface area contributed by atoms with Crippen LogP contribution in [0.2, 0.25) is 10.0 Å². The number of nitrogens with one attached hydrogen (secondary N) is 1. The first-order chi connectivity index (χ1) is 12.7. The molecule has 0 spiro atoms. The van der Waals surface area contributed by atoms with Crippen LogP contribution in [0.1, 0.15) is 25.0 Å². The number of hydrogen-bond donors (Lipinski definition) is 3. The summed E-state index contributed by atoms with van der Waals surface area (Å²) in [5.74, 6) is -0.718. The molecule has 0 radical (unpaired) electrons. The molecule has 5 nitrogen and oxygen atoms in total. The highest BCUT2D eigenvalue weighted by atomic mass is 35.5. The van der Waals surface area contributed by atoms with Gasteiger partial charge in [0.2, 0.25) is 5.72 Å². The van der Waals surface area contributed by atoms with Crippen molar-refractivity contribution in [3.8, 4) is 0 Å². The van der Waals surface area contributed by atoms with E-state index in [0.29, 0.717) is 21.3 Å². The Labute approximate surface area is 167 Å². The van der Waals surface area contributed by atoms with Gasteiger partial charge in [-0.1, -0.05) is 47.5 Å². The number of ether oxygens (including phenoxy) is 1. The van der Waals surface area contributed by atoms with Crippen LogP contribution in [0.5, 0.6) is 0 Å². The Morgan fingerprint density at radius 2 is 1.48 bits per heavy atom. The number of benzene rings is 2. The zero-order valence-electron chi connectivity index (χ0n) is 14.8. The summed E-state index contributed by atoms with van der Waals surface area (Å²) in [6.07, 6.45) is 0. The van der Waals surface area contributed by atoms with Crippen molar-refractivity contribution >= 4 is 29.2 Å².